The molecular weight excluding hydrogens is 292 g/mol. The molecule has 0 spiro atoms. The summed E-state index contributed by atoms with van der Waals surface area (Å²) in [4.78, 5) is 0. The van der Waals surface area contributed by atoms with Gasteiger partial charge in [-0.3, -0.25) is 0 Å². The Morgan fingerprint density at radius 2 is 1.40 bits per heavy atom. The van der Waals surface area contributed by atoms with E-state index in [1.165, 1.54) is 18.2 Å². The largest absolute Gasteiger partial charge is 0.426 e. The minimum Gasteiger partial charge on any atom is -0.411 e. The standard InChI is InChI=1S/C11H9F6NO2/c12-10(13,14)9(19,11(15,16)17)6-8(18-20)7-4-2-1-3-5-7/h1-5,19-20H,6H2. The molecule has 1 aromatic carbocycles. The van der Waals surface area contributed by atoms with Crippen LogP contribution in [0.15, 0.2) is 35.5 Å². The van der Waals surface area contributed by atoms with Crippen LogP contribution >= 0.6 is 0 Å². The van der Waals surface area contributed by atoms with Crippen molar-refractivity contribution in [2.45, 2.75) is 24.4 Å². The molecule has 1 aromatic rings. The van der Waals surface area contributed by atoms with Gasteiger partial charge in [0, 0.05) is 6.42 Å². The number of hydrogen-bond donors (Lipinski definition) is 2. The van der Waals surface area contributed by atoms with Gasteiger partial charge in [0.05, 0.1) is 5.71 Å². The minimum atomic E-state index is -5.96. The molecule has 0 aliphatic heterocycles. The van der Waals surface area contributed by atoms with Gasteiger partial charge in [0.25, 0.3) is 5.60 Å². The zero-order chi connectivity index (χ0) is 15.6. The predicted octanol–water partition coefficient (Wildman–Crippen LogP) is 3.11. The summed E-state index contributed by atoms with van der Waals surface area (Å²) in [7, 11) is 0. The second kappa shape index (κ2) is 5.31. The number of hydrogen-bond acceptors (Lipinski definition) is 3. The van der Waals surface area contributed by atoms with Crippen LogP contribution in [0.5, 0.6) is 0 Å². The molecule has 0 unspecified atom stereocenters. The van der Waals surface area contributed by atoms with E-state index < -0.39 is 30.1 Å². The number of rotatable bonds is 3. The lowest BCUT2D eigenvalue weighted by Gasteiger charge is -2.32. The molecule has 3 nitrogen and oxygen atoms in total. The fourth-order valence-electron chi connectivity index (χ4n) is 1.43. The van der Waals surface area contributed by atoms with E-state index in [4.69, 9.17) is 10.3 Å². The van der Waals surface area contributed by atoms with Crippen molar-refractivity contribution in [3.05, 3.63) is 35.9 Å². The molecule has 0 saturated heterocycles. The quantitative estimate of drug-likeness (QED) is 0.390. The smallest absolute Gasteiger partial charge is 0.411 e. The van der Waals surface area contributed by atoms with Crippen molar-refractivity contribution in [1.29, 1.82) is 0 Å². The van der Waals surface area contributed by atoms with Crippen LogP contribution in [0, 0.1) is 0 Å². The van der Waals surface area contributed by atoms with Gasteiger partial charge in [-0.25, -0.2) is 0 Å². The highest BCUT2D eigenvalue weighted by molar-refractivity contribution is 6.00. The molecule has 0 aromatic heterocycles. The molecular formula is C11H9F6NO2. The van der Waals surface area contributed by atoms with Crippen LogP contribution in [-0.4, -0.2) is 34.0 Å². The van der Waals surface area contributed by atoms with Gasteiger partial charge in [-0.15, -0.1) is 0 Å². The van der Waals surface area contributed by atoms with E-state index in [2.05, 4.69) is 5.16 Å². The highest BCUT2D eigenvalue weighted by atomic mass is 19.4. The first kappa shape index (κ1) is 16.3. The van der Waals surface area contributed by atoms with E-state index in [0.717, 1.165) is 12.1 Å². The number of aliphatic hydroxyl groups is 1. The van der Waals surface area contributed by atoms with Gasteiger partial charge >= 0.3 is 12.4 Å². The Morgan fingerprint density at radius 3 is 1.75 bits per heavy atom. The van der Waals surface area contributed by atoms with E-state index in [9.17, 15) is 26.3 Å². The maximum absolute atomic E-state index is 12.5. The summed E-state index contributed by atoms with van der Waals surface area (Å²) >= 11 is 0. The summed E-state index contributed by atoms with van der Waals surface area (Å²) in [6.07, 6.45) is -13.9. The van der Waals surface area contributed by atoms with E-state index >= 15 is 0 Å². The third kappa shape index (κ3) is 3.03. The van der Waals surface area contributed by atoms with Gasteiger partial charge < -0.3 is 10.3 Å². The zero-order valence-corrected chi connectivity index (χ0v) is 9.70. The summed E-state index contributed by atoms with van der Waals surface area (Å²) in [5, 5.41) is 20.0. The van der Waals surface area contributed by atoms with Gasteiger partial charge in [0.1, 0.15) is 0 Å². The highest BCUT2D eigenvalue weighted by Gasteiger charge is 2.70. The lowest BCUT2D eigenvalue weighted by Crippen LogP contribution is -2.58. The van der Waals surface area contributed by atoms with Gasteiger partial charge in [-0.1, -0.05) is 35.5 Å². The average Bonchev–Trinajstić information content (AvgIpc) is 2.34. The van der Waals surface area contributed by atoms with Gasteiger partial charge in [0.15, 0.2) is 0 Å². The van der Waals surface area contributed by atoms with E-state index in [1.807, 2.05) is 0 Å². The number of oxime groups is 1. The molecule has 0 amide bonds. The van der Waals surface area contributed by atoms with Gasteiger partial charge in [-0.2, -0.15) is 26.3 Å². The van der Waals surface area contributed by atoms with Crippen LogP contribution in [0.25, 0.3) is 0 Å². The molecule has 0 bridgehead atoms. The van der Waals surface area contributed by atoms with Crippen molar-refractivity contribution in [2.24, 2.45) is 5.16 Å². The lowest BCUT2D eigenvalue weighted by molar-refractivity contribution is -0.365. The molecule has 0 fully saturated rings. The first-order chi connectivity index (χ1) is 9.03. The first-order valence-corrected chi connectivity index (χ1v) is 5.15. The van der Waals surface area contributed by atoms with Crippen LogP contribution in [0.3, 0.4) is 0 Å². The summed E-state index contributed by atoms with van der Waals surface area (Å²) in [6.45, 7) is 0. The third-order valence-electron chi connectivity index (χ3n) is 2.59. The Balaban J connectivity index is 3.21. The van der Waals surface area contributed by atoms with E-state index in [0.29, 0.717) is 0 Å². The Morgan fingerprint density at radius 1 is 0.950 bits per heavy atom. The minimum absolute atomic E-state index is 0.165. The predicted molar refractivity (Wildman–Crippen MR) is 56.4 cm³/mol. The molecule has 0 saturated carbocycles. The fraction of sp³-hybridized carbons (Fsp3) is 0.364. The topological polar surface area (TPSA) is 52.8 Å². The summed E-state index contributed by atoms with van der Waals surface area (Å²) in [5.74, 6) is 0. The molecule has 1 rings (SSSR count). The molecule has 112 valence electrons. The van der Waals surface area contributed by atoms with E-state index in [1.54, 1.807) is 0 Å². The average molecular weight is 301 g/mol. The van der Waals surface area contributed by atoms with Crippen molar-refractivity contribution in [3.8, 4) is 0 Å². The Kier molecular flexibility index (Phi) is 4.33. The fourth-order valence-corrected chi connectivity index (χ4v) is 1.43. The normalized spacial score (nSPS) is 14.4. The summed E-state index contributed by atoms with van der Waals surface area (Å²) in [5.41, 5.74) is -6.08. The molecule has 0 radical (unpaired) electrons. The van der Waals surface area contributed by atoms with Gasteiger partial charge in [0.2, 0.25) is 0 Å². The van der Waals surface area contributed by atoms with Gasteiger partial charge in [-0.05, 0) is 5.56 Å². The Hall–Kier alpha value is -1.77. The number of halogens is 6. The molecule has 9 heteroatoms. The zero-order valence-electron chi connectivity index (χ0n) is 9.70. The second-order valence-electron chi connectivity index (χ2n) is 3.95. The summed E-state index contributed by atoms with van der Waals surface area (Å²) in [6, 6.07) is 6.45. The molecule has 0 aliphatic carbocycles. The Bertz CT molecular complexity index is 466. The number of alkyl halides is 6. The Labute approximate surface area is 109 Å². The van der Waals surface area contributed by atoms with Crippen LogP contribution in [0.1, 0.15) is 12.0 Å². The summed E-state index contributed by atoms with van der Waals surface area (Å²) < 4.78 is 75.0. The third-order valence-corrected chi connectivity index (χ3v) is 2.59. The lowest BCUT2D eigenvalue weighted by atomic mass is 9.92. The highest BCUT2D eigenvalue weighted by Crippen LogP contribution is 2.45. The molecule has 0 atom stereocenters. The van der Waals surface area contributed by atoms with Crippen LogP contribution in [0.4, 0.5) is 26.3 Å². The molecule has 2 N–H and O–H groups in total. The number of benzene rings is 1. The number of nitrogens with zero attached hydrogens (tertiary/aromatic N) is 1. The molecule has 0 heterocycles. The van der Waals surface area contributed by atoms with Crippen molar-refractivity contribution in [1.82, 2.24) is 0 Å². The van der Waals surface area contributed by atoms with Crippen molar-refractivity contribution in [3.63, 3.8) is 0 Å². The monoisotopic (exact) mass is 301 g/mol. The molecule has 0 aliphatic rings. The van der Waals surface area contributed by atoms with Crippen molar-refractivity contribution < 1.29 is 36.7 Å². The maximum Gasteiger partial charge on any atom is 0.426 e. The second-order valence-corrected chi connectivity index (χ2v) is 3.95. The van der Waals surface area contributed by atoms with Crippen molar-refractivity contribution in [2.75, 3.05) is 0 Å². The first-order valence-electron chi connectivity index (χ1n) is 5.15. The van der Waals surface area contributed by atoms with Crippen LogP contribution in [0.2, 0.25) is 0 Å². The SMILES string of the molecule is ON=C(CC(O)(C(F)(F)F)C(F)(F)F)c1ccccc1. The van der Waals surface area contributed by atoms with Crippen LogP contribution in [-0.2, 0) is 0 Å². The maximum atomic E-state index is 12.5. The van der Waals surface area contributed by atoms with E-state index in [-0.39, 0.29) is 5.56 Å². The van der Waals surface area contributed by atoms with Crippen molar-refractivity contribution >= 4 is 5.71 Å². The molecule has 20 heavy (non-hydrogen) atoms. The van der Waals surface area contributed by atoms with Crippen LogP contribution < -0.4 is 0 Å².